The van der Waals surface area contributed by atoms with Crippen LogP contribution < -0.4 is 20.7 Å². The third-order valence-electron chi connectivity index (χ3n) is 4.58. The van der Waals surface area contributed by atoms with Gasteiger partial charge in [0.05, 0.1) is 7.11 Å². The fourth-order valence-corrected chi connectivity index (χ4v) is 3.13. The lowest BCUT2D eigenvalue weighted by molar-refractivity contribution is -0.119. The summed E-state index contributed by atoms with van der Waals surface area (Å²) in [4.78, 5) is 26.7. The lowest BCUT2D eigenvalue weighted by atomic mass is 10.0. The van der Waals surface area contributed by atoms with Crippen LogP contribution in [0.2, 0.25) is 5.28 Å². The van der Waals surface area contributed by atoms with Crippen LogP contribution in [0.3, 0.4) is 0 Å². The van der Waals surface area contributed by atoms with Crippen LogP contribution in [0.25, 0.3) is 0 Å². The number of ether oxygens (including phenoxy) is 1. The number of likely N-dealkylation sites (N-methyl/N-ethyl adjacent to an activating group) is 1. The van der Waals surface area contributed by atoms with E-state index in [4.69, 9.17) is 22.1 Å². The first-order chi connectivity index (χ1) is 14.5. The van der Waals surface area contributed by atoms with Crippen LogP contribution in [0, 0.1) is 0 Å². The number of halogens is 1. The third kappa shape index (κ3) is 5.57. The third-order valence-corrected chi connectivity index (χ3v) is 4.75. The molecule has 0 radical (unpaired) electrons. The lowest BCUT2D eigenvalue weighted by Gasteiger charge is -2.25. The first-order valence-electron chi connectivity index (χ1n) is 9.35. The number of anilines is 3. The van der Waals surface area contributed by atoms with Gasteiger partial charge in [0.2, 0.25) is 23.1 Å². The fraction of sp³-hybridized carbons (Fsp3) is 0.238. The summed E-state index contributed by atoms with van der Waals surface area (Å²) in [5.41, 5.74) is 7.52. The number of carbonyl (C=O) groups is 1. The molecule has 30 heavy (non-hydrogen) atoms. The van der Waals surface area contributed by atoms with Gasteiger partial charge in [0.1, 0.15) is 11.8 Å². The molecule has 8 nitrogen and oxygen atoms in total. The van der Waals surface area contributed by atoms with Crippen LogP contribution in [0.15, 0.2) is 54.6 Å². The van der Waals surface area contributed by atoms with E-state index in [1.807, 2.05) is 42.5 Å². The highest BCUT2D eigenvalue weighted by Crippen LogP contribution is 2.20. The van der Waals surface area contributed by atoms with Crippen LogP contribution in [0.4, 0.5) is 17.6 Å². The smallest absolute Gasteiger partial charge is 0.249 e. The van der Waals surface area contributed by atoms with Crippen molar-refractivity contribution in [2.75, 3.05) is 30.1 Å². The number of methoxy groups -OCH3 is 1. The molecule has 3 rings (SSSR count). The zero-order valence-corrected chi connectivity index (χ0v) is 17.5. The molecule has 0 aliphatic heterocycles. The van der Waals surface area contributed by atoms with E-state index in [1.165, 1.54) is 0 Å². The van der Waals surface area contributed by atoms with Crippen molar-refractivity contribution in [1.82, 2.24) is 15.0 Å². The SMILES string of the molecule is COc1ccc(N(C)C(=O)[C@H](CCc2ccccc2)Nc2nc(N)nc(Cl)n2)cc1. The quantitative estimate of drug-likeness (QED) is 0.569. The van der Waals surface area contributed by atoms with E-state index in [1.54, 1.807) is 31.2 Å². The number of aryl methyl sites for hydroxylation is 1. The lowest BCUT2D eigenvalue weighted by Crippen LogP contribution is -2.41. The van der Waals surface area contributed by atoms with Gasteiger partial charge in [-0.05, 0) is 54.3 Å². The maximum absolute atomic E-state index is 13.3. The van der Waals surface area contributed by atoms with Crippen molar-refractivity contribution < 1.29 is 9.53 Å². The van der Waals surface area contributed by atoms with Crippen molar-refractivity contribution in [1.29, 1.82) is 0 Å². The zero-order chi connectivity index (χ0) is 21.5. The molecule has 3 N–H and O–H groups in total. The van der Waals surface area contributed by atoms with E-state index < -0.39 is 6.04 Å². The van der Waals surface area contributed by atoms with E-state index in [2.05, 4.69) is 20.3 Å². The highest BCUT2D eigenvalue weighted by atomic mass is 35.5. The topological polar surface area (TPSA) is 106 Å². The van der Waals surface area contributed by atoms with Gasteiger partial charge in [0, 0.05) is 12.7 Å². The number of nitrogens with two attached hydrogens (primary N) is 1. The molecule has 1 atom stereocenters. The first kappa shape index (κ1) is 21.3. The van der Waals surface area contributed by atoms with E-state index in [0.29, 0.717) is 18.6 Å². The summed E-state index contributed by atoms with van der Waals surface area (Å²) >= 11 is 5.88. The number of aromatic nitrogens is 3. The minimum absolute atomic E-state index is 0.0183. The van der Waals surface area contributed by atoms with Crippen LogP contribution in [-0.2, 0) is 11.2 Å². The molecular weight excluding hydrogens is 404 g/mol. The van der Waals surface area contributed by atoms with Gasteiger partial charge in [-0.3, -0.25) is 4.79 Å². The summed E-state index contributed by atoms with van der Waals surface area (Å²) in [5, 5.41) is 3.02. The van der Waals surface area contributed by atoms with Gasteiger partial charge in [0.15, 0.2) is 0 Å². The van der Waals surface area contributed by atoms with Gasteiger partial charge in [-0.15, -0.1) is 0 Å². The molecule has 156 valence electrons. The molecule has 0 aliphatic rings. The number of hydrogen-bond acceptors (Lipinski definition) is 7. The van der Waals surface area contributed by atoms with E-state index in [9.17, 15) is 4.79 Å². The zero-order valence-electron chi connectivity index (χ0n) is 16.7. The van der Waals surface area contributed by atoms with Gasteiger partial charge >= 0.3 is 0 Å². The van der Waals surface area contributed by atoms with Crippen LogP contribution in [0.5, 0.6) is 5.75 Å². The molecule has 0 saturated carbocycles. The van der Waals surface area contributed by atoms with Gasteiger partial charge in [0.25, 0.3) is 0 Å². The van der Waals surface area contributed by atoms with Crippen molar-refractivity contribution in [2.24, 2.45) is 0 Å². The molecule has 1 heterocycles. The Hall–Kier alpha value is -3.39. The summed E-state index contributed by atoms with van der Waals surface area (Å²) < 4.78 is 5.18. The van der Waals surface area contributed by atoms with E-state index >= 15 is 0 Å². The summed E-state index contributed by atoms with van der Waals surface area (Å²) in [7, 11) is 3.31. The number of nitrogens with zero attached hydrogens (tertiary/aromatic N) is 4. The molecule has 3 aromatic rings. The Labute approximate surface area is 180 Å². The number of carbonyl (C=O) groups excluding carboxylic acids is 1. The molecule has 0 fully saturated rings. The largest absolute Gasteiger partial charge is 0.497 e. The van der Waals surface area contributed by atoms with Gasteiger partial charge in [-0.25, -0.2) is 0 Å². The van der Waals surface area contributed by atoms with Crippen LogP contribution in [0.1, 0.15) is 12.0 Å². The average Bonchev–Trinajstić information content (AvgIpc) is 2.75. The van der Waals surface area contributed by atoms with Crippen LogP contribution in [-0.4, -0.2) is 41.1 Å². The van der Waals surface area contributed by atoms with E-state index in [0.717, 1.165) is 11.3 Å². The number of hydrogen-bond donors (Lipinski definition) is 2. The standard InChI is InChI=1S/C21H23ClN6O2/c1-28(15-9-11-16(30-2)12-10-15)18(29)17(13-8-14-6-4-3-5-7-14)24-21-26-19(22)25-20(23)27-21/h3-7,9-12,17H,8,13H2,1-2H3,(H3,23,24,25,26,27)/t17-/m0/s1. The average molecular weight is 427 g/mol. The predicted octanol–water partition coefficient (Wildman–Crippen LogP) is 3.19. The molecule has 1 amide bonds. The Morgan fingerprint density at radius 1 is 1.13 bits per heavy atom. The number of benzene rings is 2. The summed E-state index contributed by atoms with van der Waals surface area (Å²) in [5.74, 6) is 0.706. The number of nitrogen functional groups attached to an aromatic ring is 1. The van der Waals surface area contributed by atoms with Crippen molar-refractivity contribution in [3.8, 4) is 5.75 Å². The predicted molar refractivity (Wildman–Crippen MR) is 118 cm³/mol. The monoisotopic (exact) mass is 426 g/mol. The summed E-state index contributed by atoms with van der Waals surface area (Å²) in [6.45, 7) is 0. The van der Waals surface area contributed by atoms with Gasteiger partial charge in [-0.1, -0.05) is 30.3 Å². The normalized spacial score (nSPS) is 11.6. The molecule has 0 bridgehead atoms. The maximum atomic E-state index is 13.3. The Kier molecular flexibility index (Phi) is 7.03. The summed E-state index contributed by atoms with van der Waals surface area (Å²) in [6, 6.07) is 16.6. The second kappa shape index (κ2) is 9.89. The fourth-order valence-electron chi connectivity index (χ4n) is 2.97. The number of rotatable bonds is 8. The number of nitrogens with one attached hydrogen (secondary N) is 1. The molecule has 1 aromatic heterocycles. The molecule has 0 unspecified atom stereocenters. The van der Waals surface area contributed by atoms with Gasteiger partial charge < -0.3 is 20.7 Å². The molecule has 0 spiro atoms. The second-order valence-corrected chi connectivity index (χ2v) is 6.94. The van der Waals surface area contributed by atoms with Crippen molar-refractivity contribution in [2.45, 2.75) is 18.9 Å². The minimum atomic E-state index is -0.602. The van der Waals surface area contributed by atoms with Crippen molar-refractivity contribution in [3.05, 3.63) is 65.4 Å². The molecule has 2 aromatic carbocycles. The Balaban J connectivity index is 1.81. The second-order valence-electron chi connectivity index (χ2n) is 6.60. The Morgan fingerprint density at radius 2 is 1.83 bits per heavy atom. The van der Waals surface area contributed by atoms with Crippen molar-refractivity contribution >= 4 is 35.1 Å². The molecule has 0 aliphatic carbocycles. The van der Waals surface area contributed by atoms with E-state index in [-0.39, 0.29) is 23.1 Å². The minimum Gasteiger partial charge on any atom is -0.497 e. The summed E-state index contributed by atoms with van der Waals surface area (Å²) in [6.07, 6.45) is 1.21. The molecule has 9 heteroatoms. The Bertz CT molecular complexity index is 964. The highest BCUT2D eigenvalue weighted by Gasteiger charge is 2.24. The Morgan fingerprint density at radius 3 is 2.47 bits per heavy atom. The van der Waals surface area contributed by atoms with Crippen molar-refractivity contribution in [3.63, 3.8) is 0 Å². The highest BCUT2D eigenvalue weighted by molar-refractivity contribution is 6.28. The molecular formula is C21H23ClN6O2. The number of amides is 1. The van der Waals surface area contributed by atoms with Gasteiger partial charge in [-0.2, -0.15) is 15.0 Å². The van der Waals surface area contributed by atoms with Crippen LogP contribution >= 0.6 is 11.6 Å². The molecule has 0 saturated heterocycles. The maximum Gasteiger partial charge on any atom is 0.249 e. The first-order valence-corrected chi connectivity index (χ1v) is 9.73.